The first-order valence-electron chi connectivity index (χ1n) is 1.91. The molecule has 1 N–H and O–H groups in total. The third-order valence-electron chi connectivity index (χ3n) is 0.607. The van der Waals surface area contributed by atoms with Crippen LogP contribution in [0.4, 0.5) is 0 Å². The minimum atomic E-state index is 0. The van der Waals surface area contributed by atoms with E-state index in [9.17, 15) is 0 Å². The van der Waals surface area contributed by atoms with E-state index < -0.39 is 0 Å². The van der Waals surface area contributed by atoms with Gasteiger partial charge in [-0.05, 0) is 6.07 Å². The standard InChI is InChI=1S/C6H5.K.H2O/c1-2-4-6-5-3-1;;/h1-5H;;1H2/q;+1;/p-1. The molecule has 0 bridgehead atoms. The second kappa shape index (κ2) is 7.82. The average Bonchev–Trinajstić information content (AvgIpc) is 1.72. The van der Waals surface area contributed by atoms with Crippen LogP contribution in [0.25, 0.3) is 0 Å². The molecule has 37 valence electrons. The zero-order chi connectivity index (χ0) is 4.24. The first kappa shape index (κ1) is 11.6. The summed E-state index contributed by atoms with van der Waals surface area (Å²) in [6.07, 6.45) is 0. The monoisotopic (exact) mass is 133 g/mol. The van der Waals surface area contributed by atoms with Gasteiger partial charge in [-0.15, -0.1) is 0 Å². The molecule has 0 saturated carbocycles. The molecule has 0 saturated heterocycles. The van der Waals surface area contributed by atoms with Crippen molar-refractivity contribution in [3.8, 4) is 0 Å². The Morgan fingerprint density at radius 1 is 0.875 bits per heavy atom. The van der Waals surface area contributed by atoms with E-state index >= 15 is 0 Å². The molecular formula is C6H6KO. The van der Waals surface area contributed by atoms with E-state index in [0.717, 1.165) is 0 Å². The Balaban J connectivity index is 0. The van der Waals surface area contributed by atoms with Gasteiger partial charge in [0, 0.05) is 0 Å². The quantitative estimate of drug-likeness (QED) is 0.389. The van der Waals surface area contributed by atoms with Crippen molar-refractivity contribution in [2.24, 2.45) is 0 Å². The molecule has 1 rings (SSSR count). The molecule has 1 radical (unpaired) electrons. The fourth-order valence-corrected chi connectivity index (χ4v) is 0.342. The summed E-state index contributed by atoms with van der Waals surface area (Å²) in [6.45, 7) is 0. The van der Waals surface area contributed by atoms with Gasteiger partial charge >= 0.3 is 51.4 Å². The van der Waals surface area contributed by atoms with E-state index in [0.29, 0.717) is 0 Å². The third kappa shape index (κ3) is 4.96. The van der Waals surface area contributed by atoms with Crippen LogP contribution >= 0.6 is 0 Å². The van der Waals surface area contributed by atoms with Crippen LogP contribution < -0.4 is 51.4 Å². The van der Waals surface area contributed by atoms with Crippen LogP contribution in [0, 0.1) is 6.07 Å². The topological polar surface area (TPSA) is 30.0 Å². The first-order valence-corrected chi connectivity index (χ1v) is 1.91. The van der Waals surface area contributed by atoms with E-state index in [1.807, 2.05) is 30.3 Å². The van der Waals surface area contributed by atoms with Gasteiger partial charge in [0.2, 0.25) is 0 Å². The Morgan fingerprint density at radius 2 is 1.38 bits per heavy atom. The maximum Gasteiger partial charge on any atom is 1.00 e. The van der Waals surface area contributed by atoms with Crippen LogP contribution in [0.5, 0.6) is 0 Å². The fourth-order valence-electron chi connectivity index (χ4n) is 0.342. The summed E-state index contributed by atoms with van der Waals surface area (Å²) in [5.41, 5.74) is 0. The summed E-state index contributed by atoms with van der Waals surface area (Å²) < 4.78 is 0. The van der Waals surface area contributed by atoms with Crippen molar-refractivity contribution in [3.05, 3.63) is 36.4 Å². The van der Waals surface area contributed by atoms with Crippen molar-refractivity contribution >= 4 is 0 Å². The Kier molecular flexibility index (Phi) is 11.3. The van der Waals surface area contributed by atoms with Gasteiger partial charge in [-0.1, -0.05) is 30.3 Å². The zero-order valence-corrected chi connectivity index (χ0v) is 7.96. The summed E-state index contributed by atoms with van der Waals surface area (Å²) in [5, 5.41) is 0. The molecule has 2 heteroatoms. The van der Waals surface area contributed by atoms with E-state index in [2.05, 4.69) is 6.07 Å². The van der Waals surface area contributed by atoms with Gasteiger partial charge in [0.1, 0.15) is 0 Å². The maximum absolute atomic E-state index is 2.89. The van der Waals surface area contributed by atoms with E-state index in [-0.39, 0.29) is 56.9 Å². The smallest absolute Gasteiger partial charge is 0.870 e. The van der Waals surface area contributed by atoms with Crippen LogP contribution in [-0.2, 0) is 0 Å². The summed E-state index contributed by atoms with van der Waals surface area (Å²) in [4.78, 5) is 0. The molecule has 0 aliphatic heterocycles. The SMILES string of the molecule is [K+].[OH-].[c]1ccccc1. The fraction of sp³-hybridized carbons (Fsp3) is 0. The number of hydrogen-bond acceptors (Lipinski definition) is 1. The number of benzene rings is 1. The number of hydrogen-bond donors (Lipinski definition) is 0. The Hall–Kier alpha value is 0.816. The Labute approximate surface area is 91.8 Å². The normalized spacial score (nSPS) is 6.00. The van der Waals surface area contributed by atoms with Gasteiger partial charge in [0.25, 0.3) is 0 Å². The Bertz CT molecular complexity index is 80.5. The summed E-state index contributed by atoms with van der Waals surface area (Å²) in [6, 6.07) is 12.5. The minimum Gasteiger partial charge on any atom is -0.870 e. The van der Waals surface area contributed by atoms with Crippen LogP contribution in [0.2, 0.25) is 0 Å². The molecule has 0 amide bonds. The average molecular weight is 133 g/mol. The first-order chi connectivity index (χ1) is 3.00. The second-order valence-corrected chi connectivity index (χ2v) is 1.08. The van der Waals surface area contributed by atoms with Crippen molar-refractivity contribution < 1.29 is 56.9 Å². The van der Waals surface area contributed by atoms with Crippen molar-refractivity contribution in [1.82, 2.24) is 0 Å². The van der Waals surface area contributed by atoms with Crippen LogP contribution in [0.15, 0.2) is 30.3 Å². The summed E-state index contributed by atoms with van der Waals surface area (Å²) >= 11 is 0. The number of rotatable bonds is 0. The Morgan fingerprint density at radius 3 is 1.50 bits per heavy atom. The maximum atomic E-state index is 2.89. The molecule has 0 atom stereocenters. The van der Waals surface area contributed by atoms with E-state index in [1.54, 1.807) is 0 Å². The van der Waals surface area contributed by atoms with Crippen LogP contribution in [0.3, 0.4) is 0 Å². The zero-order valence-electron chi connectivity index (χ0n) is 4.83. The van der Waals surface area contributed by atoms with Crippen molar-refractivity contribution in [2.75, 3.05) is 0 Å². The molecule has 1 nitrogen and oxygen atoms in total. The van der Waals surface area contributed by atoms with Gasteiger partial charge in [-0.25, -0.2) is 0 Å². The second-order valence-electron chi connectivity index (χ2n) is 1.08. The molecule has 0 heterocycles. The van der Waals surface area contributed by atoms with E-state index in [1.165, 1.54) is 0 Å². The summed E-state index contributed by atoms with van der Waals surface area (Å²) in [7, 11) is 0. The van der Waals surface area contributed by atoms with Crippen LogP contribution in [0.1, 0.15) is 0 Å². The van der Waals surface area contributed by atoms with Gasteiger partial charge < -0.3 is 5.48 Å². The van der Waals surface area contributed by atoms with Gasteiger partial charge in [-0.3, -0.25) is 0 Å². The predicted octanol–water partition coefficient (Wildman–Crippen LogP) is -1.69. The largest absolute Gasteiger partial charge is 1.00 e. The molecule has 0 aromatic heterocycles. The molecule has 0 unspecified atom stereocenters. The molecular weight excluding hydrogens is 127 g/mol. The molecule has 0 spiro atoms. The van der Waals surface area contributed by atoms with Gasteiger partial charge in [0.15, 0.2) is 0 Å². The van der Waals surface area contributed by atoms with Gasteiger partial charge in [0.05, 0.1) is 0 Å². The van der Waals surface area contributed by atoms with Crippen LogP contribution in [-0.4, -0.2) is 5.48 Å². The molecule has 0 aliphatic carbocycles. The van der Waals surface area contributed by atoms with Crippen molar-refractivity contribution in [3.63, 3.8) is 0 Å². The van der Waals surface area contributed by atoms with Crippen molar-refractivity contribution in [2.45, 2.75) is 0 Å². The van der Waals surface area contributed by atoms with Crippen molar-refractivity contribution in [1.29, 1.82) is 0 Å². The molecule has 0 fully saturated rings. The molecule has 8 heavy (non-hydrogen) atoms. The summed E-state index contributed by atoms with van der Waals surface area (Å²) in [5.74, 6) is 0. The molecule has 0 aliphatic rings. The molecule has 1 aromatic rings. The third-order valence-corrected chi connectivity index (χ3v) is 0.607. The predicted molar refractivity (Wildman–Crippen MR) is 27.2 cm³/mol. The minimum absolute atomic E-state index is 0. The van der Waals surface area contributed by atoms with Gasteiger partial charge in [-0.2, -0.15) is 0 Å². The van der Waals surface area contributed by atoms with E-state index in [4.69, 9.17) is 0 Å². The molecule has 1 aromatic carbocycles.